The lowest BCUT2D eigenvalue weighted by Gasteiger charge is -2.20. The summed E-state index contributed by atoms with van der Waals surface area (Å²) in [5.41, 5.74) is -0.134. The molecule has 1 N–H and O–H groups in total. The molecule has 1 aliphatic rings. The van der Waals surface area contributed by atoms with E-state index >= 15 is 0 Å². The Hall–Kier alpha value is -1.43. The van der Waals surface area contributed by atoms with Crippen molar-refractivity contribution in [1.82, 2.24) is 19.9 Å². The van der Waals surface area contributed by atoms with Gasteiger partial charge in [0.05, 0.1) is 17.8 Å². The molecule has 0 bridgehead atoms. The normalized spacial score (nSPS) is 22.8. The Morgan fingerprint density at radius 3 is 2.53 bits per heavy atom. The smallest absolute Gasteiger partial charge is 0.276 e. The number of hydrogen-bond acceptors (Lipinski definition) is 4. The monoisotopic (exact) mass is 266 g/mol. The van der Waals surface area contributed by atoms with Gasteiger partial charge in [-0.2, -0.15) is 0 Å². The van der Waals surface area contributed by atoms with Crippen LogP contribution < -0.4 is 0 Å². The molecule has 2 rings (SSSR count). The van der Waals surface area contributed by atoms with Crippen LogP contribution in [0.3, 0.4) is 0 Å². The van der Waals surface area contributed by atoms with E-state index in [2.05, 4.69) is 10.3 Å². The van der Waals surface area contributed by atoms with E-state index < -0.39 is 6.10 Å². The Morgan fingerprint density at radius 2 is 2.11 bits per heavy atom. The molecule has 0 saturated carbocycles. The maximum Gasteiger partial charge on any atom is 0.276 e. The second-order valence-electron chi connectivity index (χ2n) is 6.91. The van der Waals surface area contributed by atoms with Crippen LogP contribution in [0.25, 0.3) is 0 Å². The topological polar surface area (TPSA) is 71.2 Å². The molecule has 1 aromatic rings. The summed E-state index contributed by atoms with van der Waals surface area (Å²) >= 11 is 0. The van der Waals surface area contributed by atoms with Gasteiger partial charge in [-0.25, -0.2) is 4.68 Å². The molecule has 1 amide bonds. The van der Waals surface area contributed by atoms with Gasteiger partial charge >= 0.3 is 0 Å². The number of rotatable bonds is 1. The lowest BCUT2D eigenvalue weighted by Crippen LogP contribution is -2.30. The average Bonchev–Trinajstić information content (AvgIpc) is 2.83. The summed E-state index contributed by atoms with van der Waals surface area (Å²) < 4.78 is 1.68. The molecular weight excluding hydrogens is 244 g/mol. The first-order valence-corrected chi connectivity index (χ1v) is 6.51. The van der Waals surface area contributed by atoms with Crippen LogP contribution in [0.15, 0.2) is 6.20 Å². The van der Waals surface area contributed by atoms with E-state index in [4.69, 9.17) is 0 Å². The fourth-order valence-electron chi connectivity index (χ4n) is 2.12. The molecule has 1 atom stereocenters. The first-order chi connectivity index (χ1) is 8.61. The van der Waals surface area contributed by atoms with Crippen LogP contribution in [-0.2, 0) is 5.54 Å². The zero-order valence-corrected chi connectivity index (χ0v) is 12.2. The highest BCUT2D eigenvalue weighted by atomic mass is 16.3. The second-order valence-corrected chi connectivity index (χ2v) is 6.91. The number of aliphatic hydroxyl groups excluding tert-OH is 1. The summed E-state index contributed by atoms with van der Waals surface area (Å²) in [5.74, 6) is -0.167. The van der Waals surface area contributed by atoms with Crippen LogP contribution in [-0.4, -0.2) is 50.1 Å². The van der Waals surface area contributed by atoms with Crippen molar-refractivity contribution in [2.24, 2.45) is 5.41 Å². The molecular formula is C13H22N4O2. The van der Waals surface area contributed by atoms with Crippen molar-refractivity contribution >= 4 is 5.91 Å². The number of likely N-dealkylation sites (tertiary alicyclic amines) is 1. The molecule has 2 heterocycles. The molecule has 6 heteroatoms. The molecule has 1 aliphatic heterocycles. The van der Waals surface area contributed by atoms with Crippen molar-refractivity contribution in [3.8, 4) is 0 Å². The predicted molar refractivity (Wildman–Crippen MR) is 70.7 cm³/mol. The van der Waals surface area contributed by atoms with Crippen LogP contribution in [0, 0.1) is 5.41 Å². The maximum atomic E-state index is 12.3. The van der Waals surface area contributed by atoms with Gasteiger partial charge in [-0.15, -0.1) is 5.10 Å². The number of nitrogens with zero attached hydrogens (tertiary/aromatic N) is 4. The van der Waals surface area contributed by atoms with E-state index in [-0.39, 0.29) is 16.9 Å². The molecule has 0 aromatic carbocycles. The van der Waals surface area contributed by atoms with Gasteiger partial charge in [0.1, 0.15) is 0 Å². The van der Waals surface area contributed by atoms with E-state index in [9.17, 15) is 9.90 Å². The summed E-state index contributed by atoms with van der Waals surface area (Å²) in [5, 5.41) is 17.9. The van der Waals surface area contributed by atoms with Crippen LogP contribution >= 0.6 is 0 Å². The molecule has 19 heavy (non-hydrogen) atoms. The van der Waals surface area contributed by atoms with Gasteiger partial charge < -0.3 is 10.0 Å². The van der Waals surface area contributed by atoms with Crippen molar-refractivity contribution in [2.45, 2.75) is 46.3 Å². The highest BCUT2D eigenvalue weighted by Crippen LogP contribution is 2.30. The number of carbonyl (C=O) groups is 1. The Kier molecular flexibility index (Phi) is 3.16. The summed E-state index contributed by atoms with van der Waals surface area (Å²) in [6.07, 6.45) is 1.18. The van der Waals surface area contributed by atoms with Crippen molar-refractivity contribution in [3.63, 3.8) is 0 Å². The summed E-state index contributed by atoms with van der Waals surface area (Å²) in [7, 11) is 0. The number of β-amino-alcohol motifs (C(OH)–C–C–N with tert-alkyl or cyclic N) is 1. The van der Waals surface area contributed by atoms with Gasteiger partial charge in [0.15, 0.2) is 5.69 Å². The SMILES string of the molecule is CC1(C)CN(C(=O)c2cn(C(C)(C)C)nn2)C[C@@H]1O. The molecule has 6 nitrogen and oxygen atoms in total. The minimum absolute atomic E-state index is 0.167. The third kappa shape index (κ3) is 2.63. The number of amides is 1. The first-order valence-electron chi connectivity index (χ1n) is 6.51. The maximum absolute atomic E-state index is 12.3. The standard InChI is InChI=1S/C13H22N4O2/c1-12(2,3)17-6-9(14-15-17)11(19)16-7-10(18)13(4,5)8-16/h6,10,18H,7-8H2,1-5H3/t10-/m0/s1. The highest BCUT2D eigenvalue weighted by Gasteiger charge is 2.41. The molecule has 1 saturated heterocycles. The molecule has 106 valence electrons. The van der Waals surface area contributed by atoms with Gasteiger partial charge in [0, 0.05) is 18.5 Å². The molecule has 0 unspecified atom stereocenters. The molecule has 0 spiro atoms. The van der Waals surface area contributed by atoms with Gasteiger partial charge in [0.2, 0.25) is 0 Å². The van der Waals surface area contributed by atoms with Crippen LogP contribution in [0.5, 0.6) is 0 Å². The number of hydrogen-bond donors (Lipinski definition) is 1. The van der Waals surface area contributed by atoms with Crippen molar-refractivity contribution in [2.75, 3.05) is 13.1 Å². The van der Waals surface area contributed by atoms with Crippen LogP contribution in [0.1, 0.15) is 45.1 Å². The molecule has 1 fully saturated rings. The minimum atomic E-state index is -0.492. The van der Waals surface area contributed by atoms with Crippen molar-refractivity contribution in [3.05, 3.63) is 11.9 Å². The Morgan fingerprint density at radius 1 is 1.47 bits per heavy atom. The van der Waals surface area contributed by atoms with E-state index in [1.807, 2.05) is 34.6 Å². The molecule has 0 radical (unpaired) electrons. The quantitative estimate of drug-likeness (QED) is 0.819. The zero-order valence-electron chi connectivity index (χ0n) is 12.2. The largest absolute Gasteiger partial charge is 0.391 e. The first kappa shape index (κ1) is 14.0. The lowest BCUT2D eigenvalue weighted by atomic mass is 9.90. The Labute approximate surface area is 113 Å². The number of carbonyl (C=O) groups excluding carboxylic acids is 1. The van der Waals surface area contributed by atoms with Gasteiger partial charge in [-0.1, -0.05) is 19.1 Å². The summed E-state index contributed by atoms with van der Waals surface area (Å²) in [4.78, 5) is 14.0. The summed E-state index contributed by atoms with van der Waals surface area (Å²) in [6, 6.07) is 0. The number of aliphatic hydroxyl groups is 1. The fraction of sp³-hybridized carbons (Fsp3) is 0.769. The fourth-order valence-corrected chi connectivity index (χ4v) is 2.12. The second kappa shape index (κ2) is 4.30. The highest BCUT2D eigenvalue weighted by molar-refractivity contribution is 5.92. The van der Waals surface area contributed by atoms with Crippen LogP contribution in [0.2, 0.25) is 0 Å². The third-order valence-corrected chi connectivity index (χ3v) is 3.58. The van der Waals surface area contributed by atoms with Crippen molar-refractivity contribution < 1.29 is 9.90 Å². The predicted octanol–water partition coefficient (Wildman–Crippen LogP) is 0.876. The number of aromatic nitrogens is 3. The molecule has 1 aromatic heterocycles. The van der Waals surface area contributed by atoms with Crippen molar-refractivity contribution in [1.29, 1.82) is 0 Å². The summed E-state index contributed by atoms with van der Waals surface area (Å²) in [6.45, 7) is 10.8. The van der Waals surface area contributed by atoms with E-state index in [1.165, 1.54) is 0 Å². The van der Waals surface area contributed by atoms with E-state index in [1.54, 1.807) is 15.8 Å². The van der Waals surface area contributed by atoms with Gasteiger partial charge in [0.25, 0.3) is 5.91 Å². The van der Waals surface area contributed by atoms with Gasteiger partial charge in [-0.05, 0) is 20.8 Å². The third-order valence-electron chi connectivity index (χ3n) is 3.58. The van der Waals surface area contributed by atoms with E-state index in [0.717, 1.165) is 0 Å². The lowest BCUT2D eigenvalue weighted by molar-refractivity contribution is 0.0757. The minimum Gasteiger partial charge on any atom is -0.391 e. The average molecular weight is 266 g/mol. The van der Waals surface area contributed by atoms with E-state index in [0.29, 0.717) is 18.8 Å². The molecule has 0 aliphatic carbocycles. The Balaban J connectivity index is 2.16. The zero-order chi connectivity index (χ0) is 14.4. The van der Waals surface area contributed by atoms with Gasteiger partial charge in [-0.3, -0.25) is 4.79 Å². The Bertz CT molecular complexity index is 487. The van der Waals surface area contributed by atoms with Crippen LogP contribution in [0.4, 0.5) is 0 Å².